The number of hydrogen-bond acceptors (Lipinski definition) is 6. The number of carbonyl (C=O) groups is 2. The highest BCUT2D eigenvalue weighted by Crippen LogP contribution is 2.41. The first-order valence-corrected chi connectivity index (χ1v) is 10.5. The molecule has 2 amide bonds. The number of nitrogens with one attached hydrogen (secondary N) is 1. The molecule has 2 aliphatic heterocycles. The van der Waals surface area contributed by atoms with Gasteiger partial charge in [0.2, 0.25) is 17.5 Å². The number of hydrogen-bond donors (Lipinski definition) is 2. The highest BCUT2D eigenvalue weighted by Gasteiger charge is 2.52. The molecule has 2 heterocycles. The molecule has 5 rings (SSSR count). The number of likely N-dealkylation sites (N-methyl/N-ethyl adjacent to an activating group) is 1. The molecule has 1 unspecified atom stereocenters. The lowest BCUT2D eigenvalue weighted by Gasteiger charge is -2.27. The lowest BCUT2D eigenvalue weighted by atomic mass is 9.82. The Labute approximate surface area is 185 Å². The fourth-order valence-corrected chi connectivity index (χ4v) is 4.30. The van der Waals surface area contributed by atoms with E-state index in [2.05, 4.69) is 4.99 Å². The van der Waals surface area contributed by atoms with E-state index in [1.165, 1.54) is 4.90 Å². The Morgan fingerprint density at radius 1 is 1.12 bits per heavy atom. The van der Waals surface area contributed by atoms with Crippen molar-refractivity contribution in [2.45, 2.75) is 6.10 Å². The summed E-state index contributed by atoms with van der Waals surface area (Å²) >= 11 is 0. The van der Waals surface area contributed by atoms with Crippen LogP contribution in [0.5, 0.6) is 11.5 Å². The Bertz CT molecular complexity index is 1180. The maximum Gasteiger partial charge on any atom is 0.262 e. The standard InChI is InChI=1S/C24H23N3O5/c1-26(2)9-10-27-23(29)19-16-13-14(31-12-11-28)7-8-15(16)21-22(20(19)24(27)30)32-18-6-4-3-5-17(18)25-21/h3-8,13,22,28H,9-12H2,1-2H3/p+1. The van der Waals surface area contributed by atoms with Gasteiger partial charge >= 0.3 is 0 Å². The quantitative estimate of drug-likeness (QED) is 0.608. The summed E-state index contributed by atoms with van der Waals surface area (Å²) in [5.74, 6) is 0.496. The molecule has 0 aromatic heterocycles. The molecule has 164 valence electrons. The molecule has 0 radical (unpaired) electrons. The van der Waals surface area contributed by atoms with Gasteiger partial charge in [0.1, 0.15) is 12.4 Å². The molecule has 32 heavy (non-hydrogen) atoms. The van der Waals surface area contributed by atoms with Crippen molar-refractivity contribution in [1.82, 2.24) is 9.80 Å². The van der Waals surface area contributed by atoms with Crippen LogP contribution < -0.4 is 14.5 Å². The summed E-state index contributed by atoms with van der Waals surface area (Å²) in [5, 5.41) is 9.10. The van der Waals surface area contributed by atoms with Crippen LogP contribution in [0.1, 0.15) is 11.1 Å². The van der Waals surface area contributed by atoms with Crippen molar-refractivity contribution in [3.63, 3.8) is 0 Å². The summed E-state index contributed by atoms with van der Waals surface area (Å²) in [6.45, 7) is 0.875. The van der Waals surface area contributed by atoms with Crippen LogP contribution in [0.15, 0.2) is 48.0 Å². The Morgan fingerprint density at radius 3 is 2.72 bits per heavy atom. The lowest BCUT2D eigenvalue weighted by Crippen LogP contribution is -2.73. The van der Waals surface area contributed by atoms with Gasteiger partial charge < -0.3 is 19.5 Å². The smallest absolute Gasteiger partial charge is 0.262 e. The summed E-state index contributed by atoms with van der Waals surface area (Å²) in [6.07, 6.45) is -0.697. The van der Waals surface area contributed by atoms with Gasteiger partial charge in [-0.15, -0.1) is 0 Å². The van der Waals surface area contributed by atoms with E-state index in [0.29, 0.717) is 41.3 Å². The average molecular weight is 434 g/mol. The number of rotatable bonds is 6. The molecule has 8 heteroatoms. The molecule has 0 spiro atoms. The summed E-state index contributed by atoms with van der Waals surface area (Å²) in [5.41, 5.74) is 3.64. The molecule has 0 bridgehead atoms. The summed E-state index contributed by atoms with van der Waals surface area (Å²) < 4.78 is 11.8. The first-order valence-electron chi connectivity index (χ1n) is 10.5. The molecule has 2 aromatic rings. The van der Waals surface area contributed by atoms with E-state index in [1.807, 2.05) is 49.3 Å². The predicted octanol–water partition coefficient (Wildman–Crippen LogP) is -0.282. The van der Waals surface area contributed by atoms with Crippen molar-refractivity contribution < 1.29 is 29.2 Å². The topological polar surface area (TPSA) is 93.3 Å². The first kappa shape index (κ1) is 20.4. The van der Waals surface area contributed by atoms with Crippen LogP contribution in [0, 0.1) is 0 Å². The number of benzene rings is 2. The minimum absolute atomic E-state index is 0.119. The minimum Gasteiger partial charge on any atom is -0.491 e. The number of carbonyl (C=O) groups excluding carboxylic acids is 2. The van der Waals surface area contributed by atoms with Gasteiger partial charge in [-0.3, -0.25) is 14.5 Å². The van der Waals surface area contributed by atoms with E-state index < -0.39 is 6.10 Å². The number of ether oxygens (including phenoxy) is 2. The van der Waals surface area contributed by atoms with Gasteiger partial charge in [0.05, 0.1) is 23.3 Å². The summed E-state index contributed by atoms with van der Waals surface area (Å²) in [4.78, 5) is 33.5. The van der Waals surface area contributed by atoms with Crippen molar-refractivity contribution >= 4 is 28.8 Å². The van der Waals surface area contributed by atoms with Crippen LogP contribution >= 0.6 is 0 Å². The molecular weight excluding hydrogens is 410 g/mol. The van der Waals surface area contributed by atoms with Gasteiger partial charge in [0.15, 0.2) is 5.75 Å². The van der Waals surface area contributed by atoms with Crippen molar-refractivity contribution in [2.24, 2.45) is 0 Å². The molecule has 0 saturated heterocycles. The summed E-state index contributed by atoms with van der Waals surface area (Å²) in [6, 6.07) is 12.9. The number of aliphatic hydroxyl groups is 1. The Balaban J connectivity index is 1.66. The van der Waals surface area contributed by atoms with Gasteiger partial charge in [0.25, 0.3) is 11.8 Å². The third kappa shape index (κ3) is 3.19. The molecule has 0 fully saturated rings. The SMILES string of the molecule is CN(C)CCN1C(=O)C2=C(C1=O)C1Oc3ccccc3[NH+]=C1c1ccc(OCCO)cc12. The molecule has 3 aliphatic rings. The largest absolute Gasteiger partial charge is 0.491 e. The molecule has 1 aliphatic carbocycles. The number of amides is 2. The average Bonchev–Trinajstić information content (AvgIpc) is 3.05. The van der Waals surface area contributed by atoms with Crippen molar-refractivity contribution in [3.05, 3.63) is 59.2 Å². The van der Waals surface area contributed by atoms with Crippen LogP contribution in [0.25, 0.3) is 5.57 Å². The van der Waals surface area contributed by atoms with Crippen LogP contribution in [0.3, 0.4) is 0 Å². The van der Waals surface area contributed by atoms with Crippen LogP contribution in [-0.4, -0.2) is 78.9 Å². The van der Waals surface area contributed by atoms with Gasteiger partial charge in [0, 0.05) is 24.7 Å². The molecule has 8 nitrogen and oxygen atoms in total. The second-order valence-electron chi connectivity index (χ2n) is 8.17. The van der Waals surface area contributed by atoms with E-state index in [-0.39, 0.29) is 25.0 Å². The maximum atomic E-state index is 13.4. The molecular formula is C24H24N3O5+. The zero-order valence-electron chi connectivity index (χ0n) is 17.9. The predicted molar refractivity (Wildman–Crippen MR) is 117 cm³/mol. The number of fused-ring (bicyclic) bond motifs is 6. The van der Waals surface area contributed by atoms with Crippen LogP contribution in [-0.2, 0) is 9.59 Å². The summed E-state index contributed by atoms with van der Waals surface area (Å²) in [7, 11) is 3.80. The normalized spacial score (nSPS) is 18.7. The Kier molecular flexibility index (Phi) is 5.03. The number of para-hydroxylation sites is 2. The molecule has 2 N–H and O–H groups in total. The lowest BCUT2D eigenvalue weighted by molar-refractivity contribution is -0.363. The van der Waals surface area contributed by atoms with Crippen molar-refractivity contribution in [1.29, 1.82) is 0 Å². The van der Waals surface area contributed by atoms with Gasteiger partial charge in [-0.05, 0) is 38.4 Å². The zero-order chi connectivity index (χ0) is 22.4. The second-order valence-corrected chi connectivity index (χ2v) is 8.17. The number of imide groups is 1. The van der Waals surface area contributed by atoms with Crippen molar-refractivity contribution in [3.8, 4) is 11.5 Å². The van der Waals surface area contributed by atoms with E-state index >= 15 is 0 Å². The fourth-order valence-electron chi connectivity index (χ4n) is 4.30. The van der Waals surface area contributed by atoms with E-state index in [4.69, 9.17) is 14.6 Å². The fraction of sp³-hybridized carbons (Fsp3) is 0.292. The van der Waals surface area contributed by atoms with Crippen LogP contribution in [0.4, 0.5) is 5.69 Å². The highest BCUT2D eigenvalue weighted by molar-refractivity contribution is 6.40. The van der Waals surface area contributed by atoms with E-state index in [0.717, 1.165) is 17.0 Å². The minimum atomic E-state index is -0.697. The first-order chi connectivity index (χ1) is 15.5. The number of nitrogens with zero attached hydrogens (tertiary/aromatic N) is 2. The van der Waals surface area contributed by atoms with Gasteiger partial charge in [-0.25, -0.2) is 4.99 Å². The van der Waals surface area contributed by atoms with Crippen molar-refractivity contribution in [2.75, 3.05) is 40.4 Å². The Hall–Kier alpha value is -3.49. The van der Waals surface area contributed by atoms with E-state index in [1.54, 1.807) is 12.1 Å². The monoisotopic (exact) mass is 434 g/mol. The van der Waals surface area contributed by atoms with Crippen LogP contribution in [0.2, 0.25) is 0 Å². The van der Waals surface area contributed by atoms with Gasteiger partial charge in [-0.2, -0.15) is 0 Å². The maximum absolute atomic E-state index is 13.4. The molecule has 0 saturated carbocycles. The van der Waals surface area contributed by atoms with E-state index in [9.17, 15) is 9.59 Å². The Morgan fingerprint density at radius 2 is 1.94 bits per heavy atom. The second kappa shape index (κ2) is 7.89. The van der Waals surface area contributed by atoms with Gasteiger partial charge in [-0.1, -0.05) is 12.1 Å². The number of aliphatic hydroxyl groups excluding tert-OH is 1. The third-order valence-electron chi connectivity index (χ3n) is 5.81. The molecule has 1 atom stereocenters. The zero-order valence-corrected chi connectivity index (χ0v) is 17.9. The highest BCUT2D eigenvalue weighted by atomic mass is 16.5. The molecule has 2 aromatic carbocycles. The third-order valence-corrected chi connectivity index (χ3v) is 5.81.